The molecular weight excluding hydrogens is 773 g/mol. The molecule has 13 rings (SSSR count). The van der Waals surface area contributed by atoms with Crippen LogP contribution in [0.15, 0.2) is 184 Å². The van der Waals surface area contributed by atoms with Gasteiger partial charge in [0.1, 0.15) is 0 Å². The lowest BCUT2D eigenvalue weighted by Crippen LogP contribution is -2.42. The van der Waals surface area contributed by atoms with Gasteiger partial charge in [0.25, 0.3) is 0 Å². The Hall–Kier alpha value is -5.08. The van der Waals surface area contributed by atoms with Crippen molar-refractivity contribution < 1.29 is 0 Å². The van der Waals surface area contributed by atoms with E-state index >= 15 is 0 Å². The molecule has 0 aliphatic heterocycles. The highest BCUT2D eigenvalue weighted by molar-refractivity contribution is 5.66. The van der Waals surface area contributed by atoms with E-state index in [1.807, 2.05) is 5.57 Å². The highest BCUT2D eigenvalue weighted by Gasteiger charge is 2.68. The highest BCUT2D eigenvalue weighted by Crippen LogP contribution is 2.74. The molecular formula is C62H66N2. The zero-order chi connectivity index (χ0) is 42.4. The van der Waals surface area contributed by atoms with Crippen LogP contribution in [0, 0.1) is 46.8 Å². The van der Waals surface area contributed by atoms with Crippen molar-refractivity contribution in [3.8, 4) is 0 Å². The lowest BCUT2D eigenvalue weighted by molar-refractivity contribution is 0.106. The van der Waals surface area contributed by atoms with Gasteiger partial charge in [0, 0.05) is 45.2 Å². The summed E-state index contributed by atoms with van der Waals surface area (Å²) in [6.45, 7) is 2.36. The van der Waals surface area contributed by atoms with E-state index in [-0.39, 0.29) is 5.41 Å². The predicted octanol–water partition coefficient (Wildman–Crippen LogP) is 13.8. The molecule has 2 heteroatoms. The number of para-hydroxylation sites is 1. The summed E-state index contributed by atoms with van der Waals surface area (Å²) in [5.74, 6) is 3.87. The third kappa shape index (κ3) is 6.02. The summed E-state index contributed by atoms with van der Waals surface area (Å²) in [6, 6.07) is 21.4. The van der Waals surface area contributed by atoms with Crippen molar-refractivity contribution in [1.82, 2.24) is 4.90 Å². The SMILES string of the molecule is CC1C=CC(N(C2=CC3C(C=C2)C2C=CCCC2C32C3=C(C(N(c4ccccc4)[C@H]4CCC5=C(C4)C4=C(C=CCC4)CC5)=CCC3)C3CCC=CC32)C2=c3ccccc3=CCC2)=CC1. The summed E-state index contributed by atoms with van der Waals surface area (Å²) in [6.07, 6.45) is 55.6. The number of rotatable bonds is 6. The van der Waals surface area contributed by atoms with Gasteiger partial charge in [-0.15, -0.1) is 0 Å². The van der Waals surface area contributed by atoms with E-state index in [0.717, 1.165) is 25.7 Å². The Kier molecular flexibility index (Phi) is 9.71. The first-order valence-electron chi connectivity index (χ1n) is 25.7. The van der Waals surface area contributed by atoms with Crippen molar-refractivity contribution >= 4 is 17.5 Å². The second kappa shape index (κ2) is 15.8. The molecule has 8 unspecified atom stereocenters. The molecule has 11 aliphatic carbocycles. The molecule has 64 heavy (non-hydrogen) atoms. The number of fused-ring (bicyclic) bond motifs is 11. The first kappa shape index (κ1) is 39.3. The molecule has 2 aromatic carbocycles. The molecule has 324 valence electrons. The van der Waals surface area contributed by atoms with Crippen LogP contribution in [0.1, 0.15) is 110 Å². The molecule has 2 aromatic rings. The van der Waals surface area contributed by atoms with Crippen LogP contribution in [0.25, 0.3) is 11.8 Å². The highest BCUT2D eigenvalue weighted by atomic mass is 15.2. The van der Waals surface area contributed by atoms with Gasteiger partial charge in [0.15, 0.2) is 0 Å². The molecule has 0 bridgehead atoms. The number of hydrogen-bond acceptors (Lipinski definition) is 2. The van der Waals surface area contributed by atoms with E-state index in [9.17, 15) is 0 Å². The van der Waals surface area contributed by atoms with Crippen molar-refractivity contribution in [2.45, 2.75) is 116 Å². The van der Waals surface area contributed by atoms with Crippen molar-refractivity contribution in [3.05, 3.63) is 195 Å². The van der Waals surface area contributed by atoms with Gasteiger partial charge in [-0.05, 0) is 196 Å². The average molecular weight is 839 g/mol. The van der Waals surface area contributed by atoms with Crippen molar-refractivity contribution in [2.75, 3.05) is 4.90 Å². The summed E-state index contributed by atoms with van der Waals surface area (Å²) in [5.41, 5.74) is 17.9. The molecule has 1 saturated carbocycles. The first-order chi connectivity index (χ1) is 31.7. The van der Waals surface area contributed by atoms with Gasteiger partial charge in [0.2, 0.25) is 0 Å². The molecule has 0 N–H and O–H groups in total. The Bertz CT molecular complexity index is 2750. The van der Waals surface area contributed by atoms with Crippen LogP contribution in [-0.2, 0) is 0 Å². The predicted molar refractivity (Wildman–Crippen MR) is 266 cm³/mol. The minimum atomic E-state index is 0.106. The number of allylic oxidation sites excluding steroid dienone is 18. The van der Waals surface area contributed by atoms with Gasteiger partial charge in [-0.25, -0.2) is 0 Å². The average Bonchev–Trinajstić information content (AvgIpc) is 3.83. The Morgan fingerprint density at radius 2 is 1.48 bits per heavy atom. The van der Waals surface area contributed by atoms with Gasteiger partial charge in [-0.2, -0.15) is 0 Å². The van der Waals surface area contributed by atoms with Gasteiger partial charge < -0.3 is 9.80 Å². The van der Waals surface area contributed by atoms with Crippen LogP contribution in [0.5, 0.6) is 0 Å². The molecule has 9 atom stereocenters. The van der Waals surface area contributed by atoms with E-state index in [2.05, 4.69) is 156 Å². The molecule has 0 radical (unpaired) electrons. The first-order valence-corrected chi connectivity index (χ1v) is 25.7. The fourth-order valence-corrected chi connectivity index (χ4v) is 15.8. The van der Waals surface area contributed by atoms with Crippen molar-refractivity contribution in [3.63, 3.8) is 0 Å². The largest absolute Gasteiger partial charge is 0.338 e. The number of hydrogen-bond donors (Lipinski definition) is 0. The van der Waals surface area contributed by atoms with E-state index in [1.165, 1.54) is 110 Å². The molecule has 2 nitrogen and oxygen atoms in total. The van der Waals surface area contributed by atoms with Crippen molar-refractivity contribution in [1.29, 1.82) is 0 Å². The van der Waals surface area contributed by atoms with Gasteiger partial charge in [0.05, 0.1) is 0 Å². The standard InChI is InChI=1S/C62H66N2/c1-41-29-34-46(35-30-41)63(59-27-13-17-42-15-6-8-21-50(42)59)48-37-38-52-51-22-9-11-24-55(51)62(58(52)40-48)56-25-12-10-23-53(56)61-57(62)26-14-28-60(61)64(45-18-3-2-4-19-45)47-36-33-44-32-31-43-16-5-7-20-49(43)54(44)39-47/h2-6,8-9,12,15-19,21-22,25,28-29,34-35,37-38,40-41,47,51-53,55-56,58H,7,10-11,13-14,20,23-24,26-27,30-33,36,39H2,1H3/t41?,47-,51?,52?,53?,55?,56?,58?,62?/m0/s1. The fraction of sp³-hybridized carbons (Fsp3) is 0.419. The second-order valence-electron chi connectivity index (χ2n) is 21.3. The Balaban J connectivity index is 0.979. The molecule has 11 aliphatic rings. The Morgan fingerprint density at radius 1 is 0.625 bits per heavy atom. The lowest BCUT2D eigenvalue weighted by Gasteiger charge is -2.47. The third-order valence-electron chi connectivity index (χ3n) is 18.3. The maximum Gasteiger partial charge on any atom is 0.0418 e. The minimum Gasteiger partial charge on any atom is -0.338 e. The zero-order valence-corrected chi connectivity index (χ0v) is 38.1. The van der Waals surface area contributed by atoms with E-state index < -0.39 is 0 Å². The van der Waals surface area contributed by atoms with Gasteiger partial charge in [-0.1, -0.05) is 133 Å². The van der Waals surface area contributed by atoms with E-state index in [0.29, 0.717) is 47.5 Å². The normalized spacial score (nSPS) is 34.2. The van der Waals surface area contributed by atoms with Crippen LogP contribution in [0.2, 0.25) is 0 Å². The number of benzene rings is 2. The zero-order valence-electron chi connectivity index (χ0n) is 38.1. The third-order valence-corrected chi connectivity index (χ3v) is 18.3. The van der Waals surface area contributed by atoms with Crippen LogP contribution in [0.3, 0.4) is 0 Å². The maximum atomic E-state index is 2.94. The molecule has 0 aromatic heterocycles. The Labute approximate surface area is 382 Å². The second-order valence-corrected chi connectivity index (χ2v) is 21.3. The summed E-state index contributed by atoms with van der Waals surface area (Å²) < 4.78 is 0. The van der Waals surface area contributed by atoms with Crippen molar-refractivity contribution in [2.24, 2.45) is 46.8 Å². The topological polar surface area (TPSA) is 6.48 Å². The molecule has 1 fully saturated rings. The van der Waals surface area contributed by atoms with Gasteiger partial charge in [-0.3, -0.25) is 0 Å². The fourth-order valence-electron chi connectivity index (χ4n) is 15.8. The van der Waals surface area contributed by atoms with Crippen LogP contribution >= 0.6 is 0 Å². The van der Waals surface area contributed by atoms with E-state index in [1.54, 1.807) is 33.6 Å². The summed E-state index contributed by atoms with van der Waals surface area (Å²) in [7, 11) is 0. The minimum absolute atomic E-state index is 0.106. The molecule has 0 saturated heterocycles. The quantitative estimate of drug-likeness (QED) is 0.267. The Morgan fingerprint density at radius 3 is 2.41 bits per heavy atom. The molecule has 0 heterocycles. The molecule has 1 spiro atoms. The molecule has 0 amide bonds. The smallest absolute Gasteiger partial charge is 0.0418 e. The summed E-state index contributed by atoms with van der Waals surface area (Å²) in [4.78, 5) is 5.67. The lowest BCUT2D eigenvalue weighted by atomic mass is 9.56. The number of anilines is 1. The van der Waals surface area contributed by atoms with Crippen LogP contribution < -0.4 is 15.3 Å². The number of nitrogens with zero attached hydrogens (tertiary/aromatic N) is 2. The van der Waals surface area contributed by atoms with E-state index in [4.69, 9.17) is 0 Å². The van der Waals surface area contributed by atoms with Crippen LogP contribution in [-0.4, -0.2) is 10.9 Å². The van der Waals surface area contributed by atoms with Gasteiger partial charge >= 0.3 is 0 Å². The maximum absolute atomic E-state index is 2.94. The summed E-state index contributed by atoms with van der Waals surface area (Å²) in [5, 5.41) is 2.80. The van der Waals surface area contributed by atoms with Crippen LogP contribution in [0.4, 0.5) is 5.69 Å². The summed E-state index contributed by atoms with van der Waals surface area (Å²) >= 11 is 0. The monoisotopic (exact) mass is 839 g/mol.